The van der Waals surface area contributed by atoms with E-state index in [4.69, 9.17) is 4.74 Å². The van der Waals surface area contributed by atoms with Crippen molar-refractivity contribution in [1.29, 1.82) is 0 Å². The van der Waals surface area contributed by atoms with Crippen LogP contribution < -0.4 is 10.1 Å². The maximum absolute atomic E-state index is 12.6. The molecule has 0 aliphatic rings. The number of esters is 1. The molecule has 1 amide bonds. The number of alkyl halides is 3. The summed E-state index contributed by atoms with van der Waals surface area (Å²) in [5.74, 6) is -2.18. The Hall–Kier alpha value is -2.25. The Morgan fingerprint density at radius 1 is 1.15 bits per heavy atom. The summed E-state index contributed by atoms with van der Waals surface area (Å²) in [5, 5.41) is 1.58. The van der Waals surface area contributed by atoms with Crippen LogP contribution in [0.2, 0.25) is 0 Å². The second-order valence-electron chi connectivity index (χ2n) is 3.70. The van der Waals surface area contributed by atoms with Gasteiger partial charge in [-0.05, 0) is 24.3 Å². The van der Waals surface area contributed by atoms with Crippen LogP contribution in [0.4, 0.5) is 13.2 Å². The summed E-state index contributed by atoms with van der Waals surface area (Å²) in [6.45, 7) is 0. The van der Waals surface area contributed by atoms with Gasteiger partial charge < -0.3 is 14.8 Å². The van der Waals surface area contributed by atoms with E-state index in [1.54, 1.807) is 5.32 Å². The lowest BCUT2D eigenvalue weighted by Gasteiger charge is -2.19. The van der Waals surface area contributed by atoms with Gasteiger partial charge in [0.2, 0.25) is 6.04 Å². The molecule has 1 atom stereocenters. The number of hydrogen-bond acceptors (Lipinski definition) is 4. The molecule has 0 aliphatic heterocycles. The zero-order valence-electron chi connectivity index (χ0n) is 10.7. The summed E-state index contributed by atoms with van der Waals surface area (Å²) in [6.07, 6.45) is -4.94. The quantitative estimate of drug-likeness (QED) is 0.854. The van der Waals surface area contributed by atoms with E-state index in [2.05, 4.69) is 4.74 Å². The Morgan fingerprint density at radius 3 is 2.10 bits per heavy atom. The largest absolute Gasteiger partial charge is 0.497 e. The van der Waals surface area contributed by atoms with Crippen molar-refractivity contribution < 1.29 is 32.2 Å². The number of methoxy groups -OCH3 is 2. The van der Waals surface area contributed by atoms with Gasteiger partial charge in [0.15, 0.2) is 0 Å². The molecule has 0 aromatic heterocycles. The minimum atomic E-state index is -4.94. The van der Waals surface area contributed by atoms with Gasteiger partial charge in [0.05, 0.1) is 14.2 Å². The first-order valence-electron chi connectivity index (χ1n) is 5.39. The molecule has 0 heterocycles. The van der Waals surface area contributed by atoms with E-state index in [-0.39, 0.29) is 5.56 Å². The first kappa shape index (κ1) is 15.8. The molecule has 110 valence electrons. The van der Waals surface area contributed by atoms with Crippen LogP contribution in [0.15, 0.2) is 24.3 Å². The van der Waals surface area contributed by atoms with Crippen LogP contribution in [-0.2, 0) is 9.53 Å². The van der Waals surface area contributed by atoms with E-state index in [9.17, 15) is 22.8 Å². The van der Waals surface area contributed by atoms with E-state index >= 15 is 0 Å². The molecule has 8 heteroatoms. The molecule has 20 heavy (non-hydrogen) atoms. The second-order valence-corrected chi connectivity index (χ2v) is 3.70. The second kappa shape index (κ2) is 6.27. The predicted molar refractivity (Wildman–Crippen MR) is 62.3 cm³/mol. The van der Waals surface area contributed by atoms with Crippen LogP contribution in [0.1, 0.15) is 10.4 Å². The zero-order valence-corrected chi connectivity index (χ0v) is 10.7. The van der Waals surface area contributed by atoms with Gasteiger partial charge in [0, 0.05) is 5.56 Å². The van der Waals surface area contributed by atoms with Gasteiger partial charge >= 0.3 is 12.1 Å². The highest BCUT2D eigenvalue weighted by atomic mass is 19.4. The molecule has 1 aromatic carbocycles. The van der Waals surface area contributed by atoms with Gasteiger partial charge in [-0.2, -0.15) is 13.2 Å². The Labute approximate surface area is 112 Å². The molecule has 0 bridgehead atoms. The minimum Gasteiger partial charge on any atom is -0.497 e. The lowest BCUT2D eigenvalue weighted by molar-refractivity contribution is -0.180. The zero-order chi connectivity index (χ0) is 15.3. The number of ether oxygens (including phenoxy) is 2. The van der Waals surface area contributed by atoms with Crippen molar-refractivity contribution in [2.75, 3.05) is 14.2 Å². The van der Waals surface area contributed by atoms with Gasteiger partial charge in [-0.15, -0.1) is 0 Å². The highest BCUT2D eigenvalue weighted by molar-refractivity contribution is 5.97. The maximum Gasteiger partial charge on any atom is 0.419 e. The van der Waals surface area contributed by atoms with Crippen LogP contribution in [0, 0.1) is 0 Å². The van der Waals surface area contributed by atoms with Gasteiger partial charge in [-0.25, -0.2) is 4.79 Å². The Kier molecular flexibility index (Phi) is 4.95. The molecule has 0 radical (unpaired) electrons. The molecule has 0 unspecified atom stereocenters. The van der Waals surface area contributed by atoms with Crippen molar-refractivity contribution in [2.45, 2.75) is 12.2 Å². The minimum absolute atomic E-state index is 0.0380. The number of rotatable bonds is 4. The first-order valence-corrected chi connectivity index (χ1v) is 5.39. The lowest BCUT2D eigenvalue weighted by Crippen LogP contribution is -2.51. The molecule has 1 N–H and O–H groups in total. The van der Waals surface area contributed by atoms with Crippen LogP contribution >= 0.6 is 0 Å². The number of carbonyl (C=O) groups excluding carboxylic acids is 2. The van der Waals surface area contributed by atoms with E-state index < -0.39 is 24.1 Å². The van der Waals surface area contributed by atoms with Gasteiger partial charge in [-0.1, -0.05) is 0 Å². The molecule has 0 saturated heterocycles. The van der Waals surface area contributed by atoms with Crippen molar-refractivity contribution in [3.63, 3.8) is 0 Å². The summed E-state index contributed by atoms with van der Waals surface area (Å²) < 4.78 is 46.7. The molecule has 1 aromatic rings. The summed E-state index contributed by atoms with van der Waals surface area (Å²) in [4.78, 5) is 22.7. The molecule has 0 spiro atoms. The molecule has 5 nitrogen and oxygen atoms in total. The molecule has 1 rings (SSSR count). The van der Waals surface area contributed by atoms with Crippen LogP contribution in [0.25, 0.3) is 0 Å². The van der Waals surface area contributed by atoms with Crippen molar-refractivity contribution in [1.82, 2.24) is 5.32 Å². The fourth-order valence-electron chi connectivity index (χ4n) is 1.35. The van der Waals surface area contributed by atoms with Gasteiger partial charge in [0.1, 0.15) is 5.75 Å². The monoisotopic (exact) mass is 291 g/mol. The van der Waals surface area contributed by atoms with Crippen LogP contribution in [0.5, 0.6) is 5.75 Å². The molecular formula is C12H12F3NO4. The standard InChI is InChI=1S/C12H12F3NO4/c1-19-8-5-3-7(4-6-8)10(17)16-9(11(18)20-2)12(13,14)15/h3-6,9H,1-2H3,(H,16,17)/t9-/m1/s1. The highest BCUT2D eigenvalue weighted by Gasteiger charge is 2.47. The van der Waals surface area contributed by atoms with E-state index in [1.807, 2.05) is 0 Å². The summed E-state index contributed by atoms with van der Waals surface area (Å²) in [6, 6.07) is 2.67. The highest BCUT2D eigenvalue weighted by Crippen LogP contribution is 2.21. The third-order valence-electron chi connectivity index (χ3n) is 2.39. The van der Waals surface area contributed by atoms with Crippen molar-refractivity contribution >= 4 is 11.9 Å². The summed E-state index contributed by atoms with van der Waals surface area (Å²) in [5.41, 5.74) is -0.0380. The molecule has 0 saturated carbocycles. The van der Waals surface area contributed by atoms with Crippen molar-refractivity contribution in [3.8, 4) is 5.75 Å². The number of hydrogen-bond donors (Lipinski definition) is 1. The van der Waals surface area contributed by atoms with E-state index in [0.717, 1.165) is 7.11 Å². The number of benzene rings is 1. The first-order chi connectivity index (χ1) is 9.29. The number of amides is 1. The lowest BCUT2D eigenvalue weighted by atomic mass is 10.2. The maximum atomic E-state index is 12.6. The van der Waals surface area contributed by atoms with Crippen molar-refractivity contribution in [3.05, 3.63) is 29.8 Å². The molecule has 0 aliphatic carbocycles. The fourth-order valence-corrected chi connectivity index (χ4v) is 1.35. The number of carbonyl (C=O) groups is 2. The van der Waals surface area contributed by atoms with Crippen molar-refractivity contribution in [2.24, 2.45) is 0 Å². The van der Waals surface area contributed by atoms with Crippen LogP contribution in [0.3, 0.4) is 0 Å². The molecular weight excluding hydrogens is 279 g/mol. The Morgan fingerprint density at radius 2 is 1.70 bits per heavy atom. The van der Waals surface area contributed by atoms with E-state index in [1.165, 1.54) is 31.4 Å². The number of halogens is 3. The third kappa shape index (κ3) is 3.87. The van der Waals surface area contributed by atoms with E-state index in [0.29, 0.717) is 5.75 Å². The topological polar surface area (TPSA) is 64.6 Å². The average molecular weight is 291 g/mol. The Balaban J connectivity index is 2.87. The van der Waals surface area contributed by atoms with Gasteiger partial charge in [-0.3, -0.25) is 4.79 Å². The SMILES string of the molecule is COC(=O)[C@@H](NC(=O)c1ccc(OC)cc1)C(F)(F)F. The predicted octanol–water partition coefficient (Wildman–Crippen LogP) is 1.53. The molecule has 0 fully saturated rings. The summed E-state index contributed by atoms with van der Waals surface area (Å²) in [7, 11) is 2.21. The fraction of sp³-hybridized carbons (Fsp3) is 0.333. The third-order valence-corrected chi connectivity index (χ3v) is 2.39. The number of nitrogens with one attached hydrogen (secondary N) is 1. The average Bonchev–Trinajstić information content (AvgIpc) is 2.42. The summed E-state index contributed by atoms with van der Waals surface area (Å²) >= 11 is 0. The Bertz CT molecular complexity index is 484. The van der Waals surface area contributed by atoms with Gasteiger partial charge in [0.25, 0.3) is 5.91 Å². The van der Waals surface area contributed by atoms with Crippen LogP contribution in [-0.4, -0.2) is 38.3 Å². The normalized spacial score (nSPS) is 12.4. The smallest absolute Gasteiger partial charge is 0.419 e.